The molecule has 1 aliphatic carbocycles. The molecule has 0 aromatic carbocycles. The van der Waals surface area contributed by atoms with Crippen LogP contribution in [-0.2, 0) is 61.2 Å². The summed E-state index contributed by atoms with van der Waals surface area (Å²) in [5.41, 5.74) is 8.68. The van der Waals surface area contributed by atoms with Gasteiger partial charge in [-0.2, -0.15) is 0 Å². The minimum atomic E-state index is -1.61. The highest BCUT2D eigenvalue weighted by Crippen LogP contribution is 2.52. The third-order valence-electron chi connectivity index (χ3n) is 11.7. The fraction of sp³-hybridized carbons (Fsp3) is 0.333. The molecule has 0 saturated carbocycles. The molecule has 5 N–H and O–H groups in total. The Labute approximate surface area is 350 Å². The summed E-state index contributed by atoms with van der Waals surface area (Å²) in [6.07, 6.45) is 4.53. The number of nitrogens with one attached hydrogen (secondary N) is 3. The summed E-state index contributed by atoms with van der Waals surface area (Å²) in [6, 6.07) is 5.77. The maximum atomic E-state index is 13.8. The highest BCUT2D eigenvalue weighted by atomic mass is 16.5. The summed E-state index contributed by atoms with van der Waals surface area (Å²) < 4.78 is 15.4. The van der Waals surface area contributed by atoms with Crippen molar-refractivity contribution in [2.75, 3.05) is 21.3 Å². The zero-order valence-corrected chi connectivity index (χ0v) is 34.9. The van der Waals surface area contributed by atoms with Crippen LogP contribution in [0, 0.1) is 19.8 Å². The Balaban J connectivity index is 1.67. The van der Waals surface area contributed by atoms with Crippen LogP contribution in [0.1, 0.15) is 78.1 Å². The topological polar surface area (TPSA) is 240 Å². The van der Waals surface area contributed by atoms with Crippen molar-refractivity contribution in [2.45, 2.75) is 71.3 Å². The molecule has 1 amide bonds. The maximum absolute atomic E-state index is 13.8. The van der Waals surface area contributed by atoms with Crippen LogP contribution in [-0.4, -0.2) is 93.3 Å². The van der Waals surface area contributed by atoms with E-state index in [4.69, 9.17) is 24.2 Å². The Kier molecular flexibility index (Phi) is 12.3. The molecule has 16 heteroatoms. The Hall–Kier alpha value is -7.10. The number of H-pyrrole nitrogens is 2. The van der Waals surface area contributed by atoms with Crippen molar-refractivity contribution in [1.29, 1.82) is 0 Å². The van der Waals surface area contributed by atoms with E-state index in [1.807, 2.05) is 52.0 Å². The highest BCUT2D eigenvalue weighted by molar-refractivity contribution is 6.02. The highest BCUT2D eigenvalue weighted by Gasteiger charge is 2.53. The number of aliphatic carboxylic acids is 2. The Morgan fingerprint density at radius 3 is 2.03 bits per heavy atom. The Morgan fingerprint density at radius 2 is 1.46 bits per heavy atom. The molecule has 8 bridgehead atoms. The molecule has 5 heterocycles. The van der Waals surface area contributed by atoms with Crippen LogP contribution in [0.15, 0.2) is 54.6 Å². The molecule has 3 atom stereocenters. The monoisotopic (exact) mass is 833 g/mol. The molecule has 0 saturated heterocycles. The van der Waals surface area contributed by atoms with Gasteiger partial charge in [-0.15, -0.1) is 0 Å². The first-order chi connectivity index (χ1) is 29.0. The van der Waals surface area contributed by atoms with Gasteiger partial charge in [0.25, 0.3) is 0 Å². The number of carbonyl (C=O) groups is 6. The fourth-order valence-corrected chi connectivity index (χ4v) is 8.33. The van der Waals surface area contributed by atoms with Crippen LogP contribution in [0.25, 0.3) is 38.8 Å². The fourth-order valence-electron chi connectivity index (χ4n) is 8.33. The zero-order valence-electron chi connectivity index (χ0n) is 34.9. The van der Waals surface area contributed by atoms with Crippen LogP contribution < -0.4 is 5.32 Å². The van der Waals surface area contributed by atoms with Crippen molar-refractivity contribution in [3.8, 4) is 0 Å². The summed E-state index contributed by atoms with van der Waals surface area (Å²) in [5.74, 6) is -6.41. The van der Waals surface area contributed by atoms with Crippen LogP contribution in [0.4, 0.5) is 0 Å². The predicted molar refractivity (Wildman–Crippen MR) is 225 cm³/mol. The minimum Gasteiger partial charge on any atom is -0.481 e. The lowest BCUT2D eigenvalue weighted by Crippen LogP contribution is -2.42. The molecule has 61 heavy (non-hydrogen) atoms. The normalized spacial score (nSPS) is 17.3. The first-order valence-electron chi connectivity index (χ1n) is 19.4. The van der Waals surface area contributed by atoms with Gasteiger partial charge in [-0.25, -0.2) is 14.6 Å². The number of carbonyl (C=O) groups excluding carboxylic acids is 4. The van der Waals surface area contributed by atoms with E-state index < -0.39 is 59.5 Å². The van der Waals surface area contributed by atoms with Gasteiger partial charge < -0.3 is 39.7 Å². The van der Waals surface area contributed by atoms with Crippen LogP contribution >= 0.6 is 0 Å². The molecule has 0 radical (unpaired) electrons. The number of hydrogen-bond donors (Lipinski definition) is 5. The van der Waals surface area contributed by atoms with Gasteiger partial charge in [0.15, 0.2) is 0 Å². The summed E-state index contributed by atoms with van der Waals surface area (Å²) in [4.78, 5) is 92.7. The largest absolute Gasteiger partial charge is 0.481 e. The van der Waals surface area contributed by atoms with Gasteiger partial charge in [0.2, 0.25) is 5.91 Å². The Morgan fingerprint density at radius 1 is 0.820 bits per heavy atom. The molecule has 3 aromatic heterocycles. The van der Waals surface area contributed by atoms with E-state index in [9.17, 15) is 39.0 Å². The van der Waals surface area contributed by atoms with E-state index in [0.717, 1.165) is 27.8 Å². The number of carboxylic acid groups (broad SMARTS) is 2. The number of nitrogens with zero attached hydrogens (tertiary/aromatic N) is 2. The molecule has 318 valence electrons. The van der Waals surface area contributed by atoms with Crippen LogP contribution in [0.2, 0.25) is 0 Å². The quantitative estimate of drug-likeness (QED) is 0.108. The van der Waals surface area contributed by atoms with Gasteiger partial charge in [0, 0.05) is 40.5 Å². The van der Waals surface area contributed by atoms with Crippen molar-refractivity contribution in [2.24, 2.45) is 5.92 Å². The SMILES string of the molecule is C=CC1=C(C)c2cc3nc(cc4[nH]c(cc5[nH]c(cc1n2)c(C)c5CCC(=O)NC(CC(=O)O)C(=O)O)c(CCC(=O)OC)c4C)[C@@]1(C)C3=CC=C(C(=O)OC)[C@H]1C(=O)OC. The number of allylic oxidation sites excluding steroid dienone is 6. The van der Waals surface area contributed by atoms with Crippen molar-refractivity contribution >= 4 is 74.5 Å². The minimum absolute atomic E-state index is 0.0525. The maximum Gasteiger partial charge on any atom is 0.334 e. The summed E-state index contributed by atoms with van der Waals surface area (Å²) in [5, 5.41) is 21.0. The molecular formula is C45H47N5O11. The van der Waals surface area contributed by atoms with Gasteiger partial charge in [-0.3, -0.25) is 24.2 Å². The number of fused-ring (bicyclic) bond motifs is 11. The van der Waals surface area contributed by atoms with Crippen LogP contribution in [0.5, 0.6) is 0 Å². The second kappa shape index (κ2) is 17.2. The number of methoxy groups -OCH3 is 3. The number of carboxylic acids is 2. The number of aryl methyl sites for hydroxylation is 4. The molecule has 0 spiro atoms. The van der Waals surface area contributed by atoms with Gasteiger partial charge >= 0.3 is 29.8 Å². The van der Waals surface area contributed by atoms with Crippen molar-refractivity contribution < 1.29 is 53.2 Å². The smallest absolute Gasteiger partial charge is 0.334 e. The number of esters is 3. The molecule has 3 aromatic rings. The third-order valence-corrected chi connectivity index (χ3v) is 11.7. The molecule has 16 nitrogen and oxygen atoms in total. The second-order valence-electron chi connectivity index (χ2n) is 15.2. The lowest BCUT2D eigenvalue weighted by Gasteiger charge is -2.36. The number of aromatic amines is 2. The first kappa shape index (κ1) is 43.5. The van der Waals surface area contributed by atoms with Crippen LogP contribution in [0.3, 0.4) is 0 Å². The standard InChI is InChI=1S/C45H47N5O11/c1-9-24-21(2)30-17-35-28-13-10-27(43(57)60-7)41(44(58)61-8)45(28,5)37(49-35)19-31-23(4)26(12-15-40(54)59-6)34(48-31)18-33-25(22(3)29(47-33)16-32(24)46-30)11-14-38(51)50-36(42(55)56)20-39(52)53/h9-10,13,16-19,36,41,47-48H,1,11-12,14-15,20H2,2-8H3,(H,50,51)(H,52,53)(H,55,56)/t36?,41-,45+/m0/s1. The van der Waals surface area contributed by atoms with E-state index in [2.05, 4.69) is 21.9 Å². The third kappa shape index (κ3) is 8.12. The van der Waals surface area contributed by atoms with Crippen molar-refractivity contribution in [3.63, 3.8) is 0 Å². The number of rotatable bonds is 13. The zero-order chi connectivity index (χ0) is 44.5. The number of amides is 1. The average Bonchev–Trinajstić information content (AvgIpc) is 3.88. The van der Waals surface area contributed by atoms with E-state index in [0.29, 0.717) is 56.0 Å². The van der Waals surface area contributed by atoms with Gasteiger partial charge in [-0.1, -0.05) is 24.8 Å². The molecule has 6 rings (SSSR count). The summed E-state index contributed by atoms with van der Waals surface area (Å²) in [7, 11) is 3.81. The molecular weight excluding hydrogens is 787 g/mol. The predicted octanol–water partition coefficient (Wildman–Crippen LogP) is 5.37. The number of ether oxygens (including phenoxy) is 3. The lowest BCUT2D eigenvalue weighted by molar-refractivity contribution is -0.149. The average molecular weight is 834 g/mol. The summed E-state index contributed by atoms with van der Waals surface area (Å²) in [6.45, 7) is 11.6. The number of hydrogen-bond acceptors (Lipinski definition) is 11. The lowest BCUT2D eigenvalue weighted by atomic mass is 9.64. The van der Waals surface area contributed by atoms with Crippen molar-refractivity contribution in [3.05, 3.63) is 99.7 Å². The number of aromatic nitrogens is 4. The molecule has 0 fully saturated rings. The van der Waals surface area contributed by atoms with Gasteiger partial charge in [0.05, 0.1) is 61.5 Å². The molecule has 2 aliphatic heterocycles. The Bertz CT molecular complexity index is 2680. The second-order valence-corrected chi connectivity index (χ2v) is 15.2. The van der Waals surface area contributed by atoms with E-state index in [1.165, 1.54) is 21.3 Å². The van der Waals surface area contributed by atoms with E-state index >= 15 is 0 Å². The molecule has 1 unspecified atom stereocenters. The molecule has 3 aliphatic rings. The van der Waals surface area contributed by atoms with Gasteiger partial charge in [-0.05, 0) is 98.2 Å². The summed E-state index contributed by atoms with van der Waals surface area (Å²) >= 11 is 0. The van der Waals surface area contributed by atoms with Gasteiger partial charge in [0.1, 0.15) is 12.0 Å². The van der Waals surface area contributed by atoms with E-state index in [1.54, 1.807) is 18.2 Å². The first-order valence-corrected chi connectivity index (χ1v) is 19.4. The van der Waals surface area contributed by atoms with Crippen molar-refractivity contribution in [1.82, 2.24) is 25.3 Å². The van der Waals surface area contributed by atoms with E-state index in [-0.39, 0.29) is 31.3 Å².